The average Bonchev–Trinajstić information content (AvgIpc) is 3.19. The third-order valence-corrected chi connectivity index (χ3v) is 4.49. The maximum atomic E-state index is 5.82. The van der Waals surface area contributed by atoms with Crippen LogP contribution in [0.15, 0.2) is 30.6 Å². The van der Waals surface area contributed by atoms with E-state index in [0.29, 0.717) is 6.04 Å². The molecule has 2 N–H and O–H groups in total. The number of rotatable bonds is 4. The Morgan fingerprint density at radius 3 is 2.57 bits per heavy atom. The molecule has 4 rings (SSSR count). The Hall–Kier alpha value is -2.67. The Balaban J connectivity index is 0.000000757. The topological polar surface area (TPSA) is 79.0 Å². The number of fused-ring (bicyclic) bond motifs is 1. The second-order valence-electron chi connectivity index (χ2n) is 7.01. The van der Waals surface area contributed by atoms with E-state index in [1.165, 1.54) is 0 Å². The zero-order chi connectivity index (χ0) is 22.1. The van der Waals surface area contributed by atoms with Gasteiger partial charge in [0.1, 0.15) is 23.6 Å². The first-order valence-electron chi connectivity index (χ1n) is 11.1. The summed E-state index contributed by atoms with van der Waals surface area (Å²) in [4.78, 5) is 11.2. The summed E-state index contributed by atoms with van der Waals surface area (Å²) in [6, 6.07) is 8.43. The van der Waals surface area contributed by atoms with E-state index >= 15 is 0 Å². The lowest BCUT2D eigenvalue weighted by Crippen LogP contribution is -2.49. The first-order valence-corrected chi connectivity index (χ1v) is 11.1. The van der Waals surface area contributed by atoms with Gasteiger partial charge in [-0.2, -0.15) is 5.10 Å². The van der Waals surface area contributed by atoms with Crippen molar-refractivity contribution >= 4 is 16.7 Å². The highest BCUT2D eigenvalue weighted by Gasteiger charge is 2.19. The molecule has 1 saturated heterocycles. The van der Waals surface area contributed by atoms with Crippen LogP contribution in [0.3, 0.4) is 0 Å². The van der Waals surface area contributed by atoms with Gasteiger partial charge in [-0.3, -0.25) is 5.10 Å². The van der Waals surface area contributed by atoms with E-state index in [0.717, 1.165) is 53.5 Å². The predicted molar refractivity (Wildman–Crippen MR) is 125 cm³/mol. The smallest absolute Gasteiger partial charge is 0.132 e. The van der Waals surface area contributed by atoms with Crippen LogP contribution in [0.25, 0.3) is 22.3 Å². The normalized spacial score (nSPS) is 15.9. The van der Waals surface area contributed by atoms with Gasteiger partial charge in [0.2, 0.25) is 0 Å². The van der Waals surface area contributed by atoms with E-state index in [-0.39, 0.29) is 6.10 Å². The van der Waals surface area contributed by atoms with Crippen molar-refractivity contribution in [2.45, 2.75) is 60.6 Å². The van der Waals surface area contributed by atoms with E-state index < -0.39 is 0 Å². The lowest BCUT2D eigenvalue weighted by atomic mass is 10.1. The molecule has 164 valence electrons. The first-order chi connectivity index (χ1) is 14.6. The van der Waals surface area contributed by atoms with E-state index in [1.54, 1.807) is 6.33 Å². The van der Waals surface area contributed by atoms with Crippen molar-refractivity contribution in [1.82, 2.24) is 25.5 Å². The van der Waals surface area contributed by atoms with Crippen molar-refractivity contribution in [3.8, 4) is 17.1 Å². The fourth-order valence-electron chi connectivity index (χ4n) is 3.32. The van der Waals surface area contributed by atoms with Crippen LogP contribution in [-0.4, -0.2) is 51.9 Å². The molecule has 0 amide bonds. The Labute approximate surface area is 180 Å². The van der Waals surface area contributed by atoms with Gasteiger partial charge < -0.3 is 15.0 Å². The minimum atomic E-state index is 0.128. The molecule has 3 heterocycles. The largest absolute Gasteiger partial charge is 0.491 e. The summed E-state index contributed by atoms with van der Waals surface area (Å²) >= 11 is 0. The highest BCUT2D eigenvalue weighted by molar-refractivity contribution is 5.93. The number of aromatic amines is 1. The van der Waals surface area contributed by atoms with Crippen LogP contribution in [0.5, 0.6) is 5.75 Å². The number of nitrogens with zero attached hydrogens (tertiary/aromatic N) is 4. The summed E-state index contributed by atoms with van der Waals surface area (Å²) < 4.78 is 5.82. The third-order valence-electron chi connectivity index (χ3n) is 4.49. The van der Waals surface area contributed by atoms with Gasteiger partial charge in [-0.1, -0.05) is 27.7 Å². The van der Waals surface area contributed by atoms with Crippen LogP contribution < -0.4 is 15.0 Å². The summed E-state index contributed by atoms with van der Waals surface area (Å²) in [6.45, 7) is 17.1. The third kappa shape index (κ3) is 5.69. The number of benzene rings is 1. The van der Waals surface area contributed by atoms with Gasteiger partial charge in [0.25, 0.3) is 0 Å². The molecule has 2 aromatic heterocycles. The molecule has 0 aliphatic carbocycles. The van der Waals surface area contributed by atoms with Crippen LogP contribution >= 0.6 is 0 Å². The van der Waals surface area contributed by atoms with E-state index in [4.69, 9.17) is 4.74 Å². The number of anilines is 1. The molecular formula is C23H36N6O. The van der Waals surface area contributed by atoms with Gasteiger partial charge in [0.15, 0.2) is 0 Å². The number of hydrogen-bond acceptors (Lipinski definition) is 6. The molecule has 7 heteroatoms. The predicted octanol–water partition coefficient (Wildman–Crippen LogP) is 4.66. The maximum Gasteiger partial charge on any atom is 0.132 e. The maximum absolute atomic E-state index is 5.82. The number of H-pyrrole nitrogens is 1. The second-order valence-corrected chi connectivity index (χ2v) is 7.01. The van der Waals surface area contributed by atoms with Crippen molar-refractivity contribution in [2.24, 2.45) is 0 Å². The highest BCUT2D eigenvalue weighted by atomic mass is 16.5. The first kappa shape index (κ1) is 23.6. The Bertz CT molecular complexity index is 908. The Morgan fingerprint density at radius 1 is 1.10 bits per heavy atom. The lowest BCUT2D eigenvalue weighted by molar-refractivity contribution is 0.243. The summed E-state index contributed by atoms with van der Waals surface area (Å²) in [5.74, 6) is 1.77. The van der Waals surface area contributed by atoms with Crippen molar-refractivity contribution in [3.05, 3.63) is 30.6 Å². The molecule has 1 aromatic carbocycles. The van der Waals surface area contributed by atoms with Crippen LogP contribution in [0.2, 0.25) is 0 Å². The molecule has 1 aliphatic heterocycles. The van der Waals surface area contributed by atoms with Gasteiger partial charge in [-0.05, 0) is 39.0 Å². The van der Waals surface area contributed by atoms with Gasteiger partial charge in [-0.25, -0.2) is 9.97 Å². The summed E-state index contributed by atoms with van der Waals surface area (Å²) in [7, 11) is 0. The molecule has 0 radical (unpaired) electrons. The SMILES string of the molecule is CC.CC.CC1CN(c2cc(-c3n[nH]c4ccc(OC(C)C)cc34)ncn2)CCN1. The zero-order valence-corrected chi connectivity index (χ0v) is 19.4. The Kier molecular flexibility index (Phi) is 9.05. The van der Waals surface area contributed by atoms with Crippen molar-refractivity contribution in [3.63, 3.8) is 0 Å². The van der Waals surface area contributed by atoms with Crippen LogP contribution in [-0.2, 0) is 0 Å². The second kappa shape index (κ2) is 11.5. The van der Waals surface area contributed by atoms with Gasteiger partial charge >= 0.3 is 0 Å². The van der Waals surface area contributed by atoms with E-state index in [2.05, 4.69) is 37.3 Å². The Morgan fingerprint density at radius 2 is 1.87 bits per heavy atom. The standard InChI is InChI=1S/C19H24N6O.2C2H6/c1-12(2)26-14-4-5-16-15(8-14)19(24-23-16)17-9-18(22-11-21-17)25-7-6-20-13(3)10-25;2*1-2/h4-5,8-9,11-13,20H,6-7,10H2,1-3H3,(H,23,24);2*1-2H3. The molecule has 1 atom stereocenters. The fourth-order valence-corrected chi connectivity index (χ4v) is 3.32. The molecule has 30 heavy (non-hydrogen) atoms. The molecule has 7 nitrogen and oxygen atoms in total. The van der Waals surface area contributed by atoms with Crippen LogP contribution in [0.1, 0.15) is 48.5 Å². The summed E-state index contributed by atoms with van der Waals surface area (Å²) in [6.07, 6.45) is 1.75. The number of aromatic nitrogens is 4. The lowest BCUT2D eigenvalue weighted by Gasteiger charge is -2.32. The molecule has 0 bridgehead atoms. The van der Waals surface area contributed by atoms with Crippen molar-refractivity contribution in [2.75, 3.05) is 24.5 Å². The van der Waals surface area contributed by atoms with E-state index in [1.807, 2.05) is 65.8 Å². The van der Waals surface area contributed by atoms with Crippen molar-refractivity contribution < 1.29 is 4.74 Å². The highest BCUT2D eigenvalue weighted by Crippen LogP contribution is 2.29. The molecule has 1 unspecified atom stereocenters. The number of hydrogen-bond donors (Lipinski definition) is 2. The van der Waals surface area contributed by atoms with Gasteiger partial charge in [0.05, 0.1) is 17.3 Å². The zero-order valence-electron chi connectivity index (χ0n) is 19.4. The molecule has 1 aliphatic rings. The van der Waals surface area contributed by atoms with Crippen LogP contribution in [0.4, 0.5) is 5.82 Å². The van der Waals surface area contributed by atoms with Gasteiger partial charge in [-0.15, -0.1) is 0 Å². The van der Waals surface area contributed by atoms with Crippen molar-refractivity contribution in [1.29, 1.82) is 0 Å². The fraction of sp³-hybridized carbons (Fsp3) is 0.522. The minimum Gasteiger partial charge on any atom is -0.491 e. The molecule has 3 aromatic rings. The summed E-state index contributed by atoms with van der Waals surface area (Å²) in [5.41, 5.74) is 2.60. The minimum absolute atomic E-state index is 0.128. The molecule has 1 fully saturated rings. The van der Waals surface area contributed by atoms with Gasteiger partial charge in [0, 0.05) is 37.1 Å². The average molecular weight is 413 g/mol. The molecular weight excluding hydrogens is 376 g/mol. The summed E-state index contributed by atoms with van der Waals surface area (Å²) in [5, 5.41) is 12.0. The number of ether oxygens (including phenoxy) is 1. The van der Waals surface area contributed by atoms with E-state index in [9.17, 15) is 0 Å². The molecule has 0 saturated carbocycles. The number of piperazine rings is 1. The van der Waals surface area contributed by atoms with Crippen LogP contribution in [0, 0.1) is 0 Å². The monoisotopic (exact) mass is 412 g/mol. The molecule has 0 spiro atoms. The quantitative estimate of drug-likeness (QED) is 0.649. The number of nitrogens with one attached hydrogen (secondary N) is 2.